The van der Waals surface area contributed by atoms with E-state index in [-0.39, 0.29) is 11.5 Å². The molecule has 0 amide bonds. The van der Waals surface area contributed by atoms with Crippen molar-refractivity contribution in [2.24, 2.45) is 0 Å². The topological polar surface area (TPSA) is 83.5 Å². The molecule has 0 aromatic heterocycles. The third-order valence-electron chi connectivity index (χ3n) is 2.17. The SMILES string of the molecule is CCCS(=O)(=O)NC(C=O)c1ccc(O)cc1. The number of carbonyl (C=O) groups excluding carboxylic acids is 1. The van der Waals surface area contributed by atoms with E-state index in [0.29, 0.717) is 18.3 Å². The van der Waals surface area contributed by atoms with Gasteiger partial charge in [-0.2, -0.15) is 0 Å². The zero-order chi connectivity index (χ0) is 12.9. The van der Waals surface area contributed by atoms with Crippen LogP contribution in [0, 0.1) is 0 Å². The Balaban J connectivity index is 2.86. The normalized spacial score (nSPS) is 13.2. The number of hydrogen-bond acceptors (Lipinski definition) is 4. The molecule has 0 aliphatic heterocycles. The monoisotopic (exact) mass is 257 g/mol. The van der Waals surface area contributed by atoms with E-state index in [9.17, 15) is 13.2 Å². The van der Waals surface area contributed by atoms with Gasteiger partial charge in [0.05, 0.1) is 5.75 Å². The minimum absolute atomic E-state index is 0.0184. The molecule has 1 aromatic carbocycles. The molecule has 6 heteroatoms. The lowest BCUT2D eigenvalue weighted by molar-refractivity contribution is -0.109. The van der Waals surface area contributed by atoms with Crippen LogP contribution in [0.1, 0.15) is 24.9 Å². The summed E-state index contributed by atoms with van der Waals surface area (Å²) in [6.45, 7) is 1.75. The summed E-state index contributed by atoms with van der Waals surface area (Å²) >= 11 is 0. The van der Waals surface area contributed by atoms with Crippen molar-refractivity contribution in [3.63, 3.8) is 0 Å². The molecule has 1 atom stereocenters. The Bertz CT molecular complexity index is 467. The summed E-state index contributed by atoms with van der Waals surface area (Å²) in [5, 5.41) is 9.10. The van der Waals surface area contributed by atoms with Gasteiger partial charge in [0.25, 0.3) is 0 Å². The van der Waals surface area contributed by atoms with Crippen molar-refractivity contribution in [3.8, 4) is 5.75 Å². The van der Waals surface area contributed by atoms with E-state index in [2.05, 4.69) is 4.72 Å². The number of aromatic hydroxyl groups is 1. The molecule has 0 spiro atoms. The molecule has 2 N–H and O–H groups in total. The molecule has 0 radical (unpaired) electrons. The van der Waals surface area contributed by atoms with Gasteiger partial charge in [-0.15, -0.1) is 0 Å². The second kappa shape index (κ2) is 5.79. The first-order chi connectivity index (χ1) is 7.98. The van der Waals surface area contributed by atoms with E-state index in [1.54, 1.807) is 6.92 Å². The van der Waals surface area contributed by atoms with Crippen LogP contribution < -0.4 is 4.72 Å². The highest BCUT2D eigenvalue weighted by Crippen LogP contribution is 2.16. The third-order valence-corrected chi connectivity index (χ3v) is 3.73. The summed E-state index contributed by atoms with van der Waals surface area (Å²) in [7, 11) is -3.44. The van der Waals surface area contributed by atoms with E-state index in [1.807, 2.05) is 0 Å². The highest BCUT2D eigenvalue weighted by Gasteiger charge is 2.17. The molecular formula is C11H15NO4S. The number of benzene rings is 1. The maximum atomic E-state index is 11.5. The fraction of sp³-hybridized carbons (Fsp3) is 0.364. The van der Waals surface area contributed by atoms with Crippen molar-refractivity contribution in [3.05, 3.63) is 29.8 Å². The molecule has 94 valence electrons. The van der Waals surface area contributed by atoms with Crippen LogP contribution >= 0.6 is 0 Å². The first-order valence-electron chi connectivity index (χ1n) is 5.22. The number of sulfonamides is 1. The van der Waals surface area contributed by atoms with Gasteiger partial charge in [-0.1, -0.05) is 19.1 Å². The summed E-state index contributed by atoms with van der Waals surface area (Å²) in [6, 6.07) is 4.90. The Morgan fingerprint density at radius 3 is 2.41 bits per heavy atom. The van der Waals surface area contributed by atoms with Crippen LogP contribution in [0.4, 0.5) is 0 Å². The predicted molar refractivity (Wildman–Crippen MR) is 64.1 cm³/mol. The zero-order valence-corrected chi connectivity index (χ0v) is 10.3. The molecule has 0 heterocycles. The van der Waals surface area contributed by atoms with Crippen LogP contribution in [-0.4, -0.2) is 25.6 Å². The molecule has 1 aromatic rings. The Morgan fingerprint density at radius 1 is 1.35 bits per heavy atom. The van der Waals surface area contributed by atoms with E-state index in [1.165, 1.54) is 24.3 Å². The standard InChI is InChI=1S/C11H15NO4S/c1-2-7-17(15,16)12-11(8-13)9-3-5-10(14)6-4-9/h3-6,8,11-12,14H,2,7H2,1H3. The largest absolute Gasteiger partial charge is 0.508 e. The van der Waals surface area contributed by atoms with Crippen molar-refractivity contribution in [2.45, 2.75) is 19.4 Å². The molecule has 0 fully saturated rings. The summed E-state index contributed by atoms with van der Waals surface area (Å²) in [5.74, 6) is 0.0462. The number of nitrogens with one attached hydrogen (secondary N) is 1. The molecule has 1 rings (SSSR count). The lowest BCUT2D eigenvalue weighted by Crippen LogP contribution is -2.31. The fourth-order valence-corrected chi connectivity index (χ4v) is 2.61. The lowest BCUT2D eigenvalue weighted by atomic mass is 10.1. The van der Waals surface area contributed by atoms with Crippen molar-refractivity contribution >= 4 is 16.3 Å². The average molecular weight is 257 g/mol. The number of carbonyl (C=O) groups is 1. The second-order valence-corrected chi connectivity index (χ2v) is 5.52. The zero-order valence-electron chi connectivity index (χ0n) is 9.46. The summed E-state index contributed by atoms with van der Waals surface area (Å²) in [5.41, 5.74) is 0.498. The summed E-state index contributed by atoms with van der Waals surface area (Å²) < 4.78 is 25.3. The van der Waals surface area contributed by atoms with Crippen molar-refractivity contribution < 1.29 is 18.3 Å². The highest BCUT2D eigenvalue weighted by atomic mass is 32.2. The molecule has 0 bridgehead atoms. The van der Waals surface area contributed by atoms with Gasteiger partial charge in [-0.3, -0.25) is 0 Å². The molecule has 0 saturated heterocycles. The Morgan fingerprint density at radius 2 is 1.94 bits per heavy atom. The van der Waals surface area contributed by atoms with Crippen molar-refractivity contribution in [1.82, 2.24) is 4.72 Å². The molecule has 17 heavy (non-hydrogen) atoms. The van der Waals surface area contributed by atoms with Crippen LogP contribution in [-0.2, 0) is 14.8 Å². The first-order valence-corrected chi connectivity index (χ1v) is 6.88. The minimum Gasteiger partial charge on any atom is -0.508 e. The Kier molecular flexibility index (Phi) is 4.65. The molecule has 0 aliphatic carbocycles. The van der Waals surface area contributed by atoms with E-state index in [0.717, 1.165) is 0 Å². The van der Waals surface area contributed by atoms with Crippen LogP contribution in [0.15, 0.2) is 24.3 Å². The Hall–Kier alpha value is -1.40. The molecule has 0 saturated carbocycles. The lowest BCUT2D eigenvalue weighted by Gasteiger charge is -2.13. The first kappa shape index (κ1) is 13.7. The summed E-state index contributed by atoms with van der Waals surface area (Å²) in [4.78, 5) is 10.9. The van der Waals surface area contributed by atoms with Gasteiger partial charge in [-0.25, -0.2) is 13.1 Å². The molecule has 5 nitrogen and oxygen atoms in total. The Labute approximate surface area is 101 Å². The second-order valence-electron chi connectivity index (χ2n) is 3.64. The van der Waals surface area contributed by atoms with Gasteiger partial charge in [0.15, 0.2) is 0 Å². The van der Waals surface area contributed by atoms with Crippen LogP contribution in [0.3, 0.4) is 0 Å². The highest BCUT2D eigenvalue weighted by molar-refractivity contribution is 7.89. The van der Waals surface area contributed by atoms with Gasteiger partial charge in [-0.05, 0) is 24.1 Å². The quantitative estimate of drug-likeness (QED) is 0.743. The maximum Gasteiger partial charge on any atom is 0.212 e. The molecular weight excluding hydrogens is 242 g/mol. The van der Waals surface area contributed by atoms with E-state index < -0.39 is 16.1 Å². The van der Waals surface area contributed by atoms with E-state index >= 15 is 0 Å². The fourth-order valence-electron chi connectivity index (χ4n) is 1.38. The smallest absolute Gasteiger partial charge is 0.212 e. The predicted octanol–water partition coefficient (Wildman–Crippen LogP) is 0.962. The summed E-state index contributed by atoms with van der Waals surface area (Å²) in [6.07, 6.45) is 1.01. The van der Waals surface area contributed by atoms with Gasteiger partial charge >= 0.3 is 0 Å². The van der Waals surface area contributed by atoms with Crippen molar-refractivity contribution in [1.29, 1.82) is 0 Å². The number of phenolic OH excluding ortho intramolecular Hbond substituents is 1. The molecule has 1 unspecified atom stereocenters. The third kappa shape index (κ3) is 4.16. The number of aldehydes is 1. The van der Waals surface area contributed by atoms with Crippen LogP contribution in [0.5, 0.6) is 5.75 Å². The van der Waals surface area contributed by atoms with Gasteiger partial charge in [0.1, 0.15) is 18.1 Å². The molecule has 0 aliphatic rings. The number of hydrogen-bond donors (Lipinski definition) is 2. The maximum absolute atomic E-state index is 11.5. The average Bonchev–Trinajstić information content (AvgIpc) is 2.27. The van der Waals surface area contributed by atoms with Gasteiger partial charge in [0.2, 0.25) is 10.0 Å². The van der Waals surface area contributed by atoms with Crippen LogP contribution in [0.25, 0.3) is 0 Å². The minimum atomic E-state index is -3.44. The van der Waals surface area contributed by atoms with Gasteiger partial charge < -0.3 is 9.90 Å². The van der Waals surface area contributed by atoms with Crippen molar-refractivity contribution in [2.75, 3.05) is 5.75 Å². The van der Waals surface area contributed by atoms with E-state index in [4.69, 9.17) is 5.11 Å². The van der Waals surface area contributed by atoms with Gasteiger partial charge in [0, 0.05) is 0 Å². The number of phenols is 1. The van der Waals surface area contributed by atoms with Crippen LogP contribution in [0.2, 0.25) is 0 Å². The number of rotatable bonds is 6.